The van der Waals surface area contributed by atoms with E-state index in [4.69, 9.17) is 21.3 Å². The Morgan fingerprint density at radius 1 is 0.698 bits per heavy atom. The van der Waals surface area contributed by atoms with E-state index in [-0.39, 0.29) is 56.9 Å². The summed E-state index contributed by atoms with van der Waals surface area (Å²) in [6, 6.07) is 22.1. The van der Waals surface area contributed by atoms with E-state index < -0.39 is 11.9 Å². The Hall–Kier alpha value is -5.91. The first-order valence-electron chi connectivity index (χ1n) is 21.0. The number of hydrogen-bond acceptors (Lipinski definition) is 11. The van der Waals surface area contributed by atoms with Crippen LogP contribution in [0.3, 0.4) is 0 Å². The smallest absolute Gasteiger partial charge is 0.317 e. The number of amides is 2. The summed E-state index contributed by atoms with van der Waals surface area (Å²) in [5.41, 5.74) is 5.26. The molecule has 0 bridgehead atoms. The Balaban J connectivity index is 1.05. The Morgan fingerprint density at radius 2 is 1.29 bits per heavy atom. The molecule has 0 unspecified atom stereocenters. The highest BCUT2D eigenvalue weighted by Gasteiger charge is 2.24. The van der Waals surface area contributed by atoms with Crippen molar-refractivity contribution in [3.8, 4) is 5.75 Å². The number of aliphatic carboxylic acids is 2. The molecule has 0 saturated carbocycles. The number of fused-ring (bicyclic) bond motifs is 2. The number of carbonyl (C=O) groups excluding carboxylic acids is 3. The zero-order valence-electron chi connectivity index (χ0n) is 35.9. The molecule has 0 atom stereocenters. The number of nitrogens with zero attached hydrogens (tertiary/aromatic N) is 6. The van der Waals surface area contributed by atoms with Crippen LogP contribution in [0.15, 0.2) is 72.8 Å². The summed E-state index contributed by atoms with van der Waals surface area (Å²) in [6.07, 6.45) is -0.0182. The van der Waals surface area contributed by atoms with Crippen LogP contribution < -0.4 is 15.4 Å². The fourth-order valence-electron chi connectivity index (χ4n) is 7.88. The number of pyridine rings is 1. The van der Waals surface area contributed by atoms with Crippen molar-refractivity contribution in [3.05, 3.63) is 106 Å². The van der Waals surface area contributed by atoms with Gasteiger partial charge in [0.15, 0.2) is 0 Å². The van der Waals surface area contributed by atoms with E-state index in [1.165, 1.54) is 0 Å². The standard InChI is InChI=1S/C46H55ClN8O8/c1-31-4-12-40-34(24-31)7-10-36(50-40)27-51-16-20-53(29-44(58)59)22-18-52(19-23-54(21-17-51)30-45(60)61)28-43(57)49-15-14-48-42(56)26-38-32(2)55(41-13-11-37(63-3)25-39(38)41)46(62)33-5-8-35(47)9-6-33/h4-13,24-25H,14-23,26-30H2,1-3H3,(H,48,56)(H,49,57)(H,58,59)(H,60,61). The van der Waals surface area contributed by atoms with Gasteiger partial charge in [0.1, 0.15) is 5.75 Å². The molecule has 3 heterocycles. The lowest BCUT2D eigenvalue weighted by molar-refractivity contribution is -0.139. The maximum absolute atomic E-state index is 13.7. The first kappa shape index (κ1) is 46.6. The predicted octanol–water partition coefficient (Wildman–Crippen LogP) is 3.52. The summed E-state index contributed by atoms with van der Waals surface area (Å²) in [5, 5.41) is 27.5. The monoisotopic (exact) mass is 882 g/mol. The normalized spacial score (nSPS) is 15.1. The average molecular weight is 883 g/mol. The molecule has 2 amide bonds. The molecule has 0 aliphatic carbocycles. The van der Waals surface area contributed by atoms with Crippen molar-refractivity contribution in [2.75, 3.05) is 92.2 Å². The largest absolute Gasteiger partial charge is 0.497 e. The topological polar surface area (TPSA) is 190 Å². The summed E-state index contributed by atoms with van der Waals surface area (Å²) in [5.74, 6) is -2.17. The third kappa shape index (κ3) is 13.1. The van der Waals surface area contributed by atoms with Crippen molar-refractivity contribution in [2.24, 2.45) is 0 Å². The summed E-state index contributed by atoms with van der Waals surface area (Å²) in [4.78, 5) is 76.7. The second-order valence-electron chi connectivity index (χ2n) is 15.9. The number of hydrogen-bond donors (Lipinski definition) is 4. The van der Waals surface area contributed by atoms with Crippen LogP contribution in [0.5, 0.6) is 5.75 Å². The van der Waals surface area contributed by atoms with Crippen LogP contribution in [0.2, 0.25) is 5.02 Å². The molecule has 1 aliphatic rings. The lowest BCUT2D eigenvalue weighted by Gasteiger charge is -2.33. The van der Waals surface area contributed by atoms with Gasteiger partial charge in [-0.2, -0.15) is 0 Å². The third-order valence-corrected chi connectivity index (χ3v) is 11.5. The van der Waals surface area contributed by atoms with Gasteiger partial charge in [-0.25, -0.2) is 0 Å². The molecular weight excluding hydrogens is 828 g/mol. The van der Waals surface area contributed by atoms with Crippen LogP contribution in [0.1, 0.15) is 32.9 Å². The molecule has 3 aromatic carbocycles. The van der Waals surface area contributed by atoms with Gasteiger partial charge in [-0.05, 0) is 80.1 Å². The van der Waals surface area contributed by atoms with Crippen molar-refractivity contribution in [2.45, 2.75) is 26.8 Å². The molecule has 17 heteroatoms. The number of aromatic nitrogens is 2. The second kappa shape index (κ2) is 21.9. The number of nitrogens with one attached hydrogen (secondary N) is 2. The number of benzene rings is 3. The van der Waals surface area contributed by atoms with Gasteiger partial charge in [-0.1, -0.05) is 29.3 Å². The Bertz CT molecular complexity index is 2410. The third-order valence-electron chi connectivity index (χ3n) is 11.2. The summed E-state index contributed by atoms with van der Waals surface area (Å²) in [7, 11) is 1.55. The first-order chi connectivity index (χ1) is 30.3. The molecule has 4 N–H and O–H groups in total. The minimum absolute atomic E-state index is 0.00275. The zero-order valence-corrected chi connectivity index (χ0v) is 36.7. The van der Waals surface area contributed by atoms with E-state index >= 15 is 0 Å². The van der Waals surface area contributed by atoms with Gasteiger partial charge < -0.3 is 25.6 Å². The molecular formula is C46H55ClN8O8. The maximum Gasteiger partial charge on any atom is 0.317 e. The number of carbonyl (C=O) groups is 5. The van der Waals surface area contributed by atoms with Gasteiger partial charge in [-0.3, -0.25) is 53.1 Å². The molecule has 334 valence electrons. The minimum atomic E-state index is -0.953. The fraction of sp³-hybridized carbons (Fsp3) is 0.391. The van der Waals surface area contributed by atoms with Crippen LogP contribution in [0.25, 0.3) is 21.8 Å². The van der Waals surface area contributed by atoms with E-state index in [1.54, 1.807) is 61.1 Å². The summed E-state index contributed by atoms with van der Waals surface area (Å²) < 4.78 is 7.03. The zero-order chi connectivity index (χ0) is 45.0. The highest BCUT2D eigenvalue weighted by molar-refractivity contribution is 6.30. The van der Waals surface area contributed by atoms with Crippen LogP contribution >= 0.6 is 11.6 Å². The number of carboxylic acids is 2. The van der Waals surface area contributed by atoms with Gasteiger partial charge in [0, 0.05) is 99.0 Å². The summed E-state index contributed by atoms with van der Waals surface area (Å²) in [6.45, 7) is 7.79. The van der Waals surface area contributed by atoms with Crippen LogP contribution in [-0.4, -0.2) is 161 Å². The number of ether oxygens (including phenoxy) is 1. The van der Waals surface area contributed by atoms with Gasteiger partial charge in [0.2, 0.25) is 11.8 Å². The molecule has 1 saturated heterocycles. The quantitative estimate of drug-likeness (QED) is 0.112. The number of methoxy groups -OCH3 is 1. The van der Waals surface area contributed by atoms with E-state index in [1.807, 2.05) is 45.9 Å². The van der Waals surface area contributed by atoms with Crippen molar-refractivity contribution < 1.29 is 38.9 Å². The van der Waals surface area contributed by atoms with Crippen LogP contribution in [0, 0.1) is 13.8 Å². The number of rotatable bonds is 15. The number of carboxylic acid groups (broad SMARTS) is 2. The van der Waals surface area contributed by atoms with Gasteiger partial charge in [-0.15, -0.1) is 0 Å². The van der Waals surface area contributed by atoms with Crippen molar-refractivity contribution >= 4 is 63.1 Å². The Morgan fingerprint density at radius 3 is 1.89 bits per heavy atom. The molecule has 6 rings (SSSR count). The molecule has 0 spiro atoms. The Labute approximate surface area is 371 Å². The Kier molecular flexibility index (Phi) is 16.2. The van der Waals surface area contributed by atoms with E-state index in [0.717, 1.165) is 22.2 Å². The van der Waals surface area contributed by atoms with E-state index in [2.05, 4.69) is 21.6 Å². The average Bonchev–Trinajstić information content (AvgIpc) is 3.52. The molecule has 63 heavy (non-hydrogen) atoms. The van der Waals surface area contributed by atoms with Gasteiger partial charge in [0.25, 0.3) is 5.91 Å². The molecule has 0 radical (unpaired) electrons. The van der Waals surface area contributed by atoms with Crippen LogP contribution in [0.4, 0.5) is 0 Å². The SMILES string of the molecule is COc1ccc2c(c1)c(CC(=O)NCCNC(=O)CN1CCN(CC(=O)O)CCN(Cc3ccc4cc(C)ccc4n3)CCN(CC(=O)O)CC1)c(C)n2C(=O)c1ccc(Cl)cc1. The molecule has 16 nitrogen and oxygen atoms in total. The minimum Gasteiger partial charge on any atom is -0.497 e. The highest BCUT2D eigenvalue weighted by Crippen LogP contribution is 2.31. The molecule has 1 aliphatic heterocycles. The fourth-order valence-corrected chi connectivity index (χ4v) is 8.01. The van der Waals surface area contributed by atoms with E-state index in [0.29, 0.717) is 97.4 Å². The number of aryl methyl sites for hydroxylation is 1. The summed E-state index contributed by atoms with van der Waals surface area (Å²) >= 11 is 6.06. The lowest BCUT2D eigenvalue weighted by Crippen LogP contribution is -2.49. The van der Waals surface area contributed by atoms with Crippen molar-refractivity contribution in [3.63, 3.8) is 0 Å². The number of halogens is 1. The van der Waals surface area contributed by atoms with Crippen molar-refractivity contribution in [1.29, 1.82) is 0 Å². The predicted molar refractivity (Wildman–Crippen MR) is 240 cm³/mol. The maximum atomic E-state index is 13.7. The van der Waals surface area contributed by atoms with Gasteiger partial charge >= 0.3 is 11.9 Å². The highest BCUT2D eigenvalue weighted by atomic mass is 35.5. The molecule has 2 aromatic heterocycles. The lowest BCUT2D eigenvalue weighted by atomic mass is 10.1. The second-order valence-corrected chi connectivity index (χ2v) is 16.3. The van der Waals surface area contributed by atoms with Crippen molar-refractivity contribution in [1.82, 2.24) is 39.8 Å². The molecule has 5 aromatic rings. The van der Waals surface area contributed by atoms with Crippen LogP contribution in [-0.2, 0) is 32.1 Å². The van der Waals surface area contributed by atoms with E-state index in [9.17, 15) is 34.2 Å². The first-order valence-corrected chi connectivity index (χ1v) is 21.3. The molecule has 1 fully saturated rings. The van der Waals surface area contributed by atoms with Gasteiger partial charge in [0.05, 0.1) is 49.9 Å².